The second kappa shape index (κ2) is 7.94. The van der Waals surface area contributed by atoms with E-state index in [1.165, 1.54) is 0 Å². The highest BCUT2D eigenvalue weighted by Crippen LogP contribution is 2.14. The molecule has 2 atom stereocenters. The highest BCUT2D eigenvalue weighted by atomic mass is 16.5. The van der Waals surface area contributed by atoms with Crippen LogP contribution in [0.3, 0.4) is 0 Å². The normalized spacial score (nSPS) is 19.4. The Balaban J connectivity index is 1.88. The van der Waals surface area contributed by atoms with Crippen molar-refractivity contribution in [3.63, 3.8) is 0 Å². The Labute approximate surface area is 130 Å². The van der Waals surface area contributed by atoms with Crippen LogP contribution in [0.4, 0.5) is 0 Å². The molecule has 22 heavy (non-hydrogen) atoms. The van der Waals surface area contributed by atoms with Crippen LogP contribution in [0.2, 0.25) is 0 Å². The lowest BCUT2D eigenvalue weighted by molar-refractivity contribution is -0.142. The number of benzene rings is 1. The van der Waals surface area contributed by atoms with Gasteiger partial charge in [0.25, 0.3) is 0 Å². The molecule has 0 aliphatic carbocycles. The number of hydrogen-bond acceptors (Lipinski definition) is 3. The van der Waals surface area contributed by atoms with Crippen LogP contribution in [-0.4, -0.2) is 36.2 Å². The zero-order valence-corrected chi connectivity index (χ0v) is 12.9. The molecule has 1 heterocycles. The van der Waals surface area contributed by atoms with Crippen LogP contribution < -0.4 is 5.32 Å². The molecule has 0 radical (unpaired) electrons. The van der Waals surface area contributed by atoms with Crippen LogP contribution in [0.15, 0.2) is 24.3 Å². The van der Waals surface area contributed by atoms with E-state index in [4.69, 9.17) is 4.74 Å². The van der Waals surface area contributed by atoms with Crippen molar-refractivity contribution in [3.8, 4) is 0 Å². The summed E-state index contributed by atoms with van der Waals surface area (Å²) in [7, 11) is 0. The van der Waals surface area contributed by atoms with Crippen LogP contribution in [0, 0.1) is 12.8 Å². The summed E-state index contributed by atoms with van der Waals surface area (Å²) in [5.41, 5.74) is 2.07. The molecule has 120 valence electrons. The molecule has 5 nitrogen and oxygen atoms in total. The highest BCUT2D eigenvalue weighted by Gasteiger charge is 2.24. The molecule has 1 aromatic rings. The maximum Gasteiger partial charge on any atom is 0.308 e. The Bertz CT molecular complexity index is 523. The molecular formula is C17H23NO4. The van der Waals surface area contributed by atoms with E-state index in [1.807, 2.05) is 31.2 Å². The number of nitrogens with one attached hydrogen (secondary N) is 1. The average Bonchev–Trinajstić information content (AvgIpc) is 2.51. The second-order valence-corrected chi connectivity index (χ2v) is 5.83. The van der Waals surface area contributed by atoms with Crippen molar-refractivity contribution in [1.29, 1.82) is 0 Å². The monoisotopic (exact) mass is 305 g/mol. The minimum Gasteiger partial charge on any atom is -0.481 e. The summed E-state index contributed by atoms with van der Waals surface area (Å²) < 4.78 is 5.41. The first-order valence-electron chi connectivity index (χ1n) is 7.74. The Morgan fingerprint density at radius 2 is 2.23 bits per heavy atom. The maximum absolute atomic E-state index is 12.0. The van der Waals surface area contributed by atoms with E-state index in [0.29, 0.717) is 19.4 Å². The third-order valence-corrected chi connectivity index (χ3v) is 3.91. The molecule has 0 spiro atoms. The Morgan fingerprint density at radius 1 is 1.41 bits per heavy atom. The number of hydrogen-bond donors (Lipinski definition) is 2. The molecular weight excluding hydrogens is 282 g/mol. The Kier molecular flexibility index (Phi) is 5.95. The summed E-state index contributed by atoms with van der Waals surface area (Å²) in [5.74, 6) is -1.73. The summed E-state index contributed by atoms with van der Waals surface area (Å²) in [4.78, 5) is 23.4. The topological polar surface area (TPSA) is 75.6 Å². The van der Waals surface area contributed by atoms with Crippen molar-refractivity contribution in [1.82, 2.24) is 5.32 Å². The van der Waals surface area contributed by atoms with Crippen LogP contribution in [0.1, 0.15) is 30.4 Å². The smallest absolute Gasteiger partial charge is 0.308 e. The molecule has 5 heteroatoms. The second-order valence-electron chi connectivity index (χ2n) is 5.83. The lowest BCUT2D eigenvalue weighted by Gasteiger charge is -2.22. The van der Waals surface area contributed by atoms with Gasteiger partial charge in [-0.15, -0.1) is 0 Å². The largest absolute Gasteiger partial charge is 0.481 e. The van der Waals surface area contributed by atoms with E-state index in [2.05, 4.69) is 5.32 Å². The number of aryl methyl sites for hydroxylation is 1. The molecule has 1 saturated heterocycles. The van der Waals surface area contributed by atoms with Gasteiger partial charge in [-0.1, -0.05) is 29.8 Å². The van der Waals surface area contributed by atoms with Crippen molar-refractivity contribution in [2.45, 2.75) is 38.7 Å². The fourth-order valence-corrected chi connectivity index (χ4v) is 2.66. The van der Waals surface area contributed by atoms with E-state index in [9.17, 15) is 14.7 Å². The van der Waals surface area contributed by atoms with Gasteiger partial charge in [0.2, 0.25) is 5.91 Å². The molecule has 1 fully saturated rings. The fourth-order valence-electron chi connectivity index (χ4n) is 2.66. The van der Waals surface area contributed by atoms with E-state index in [0.717, 1.165) is 24.0 Å². The van der Waals surface area contributed by atoms with Crippen molar-refractivity contribution in [3.05, 3.63) is 35.4 Å². The van der Waals surface area contributed by atoms with Crippen LogP contribution in [0.25, 0.3) is 0 Å². The van der Waals surface area contributed by atoms with Crippen molar-refractivity contribution in [2.75, 3.05) is 13.2 Å². The number of carbonyl (C=O) groups excluding carboxylic acids is 1. The summed E-state index contributed by atoms with van der Waals surface area (Å²) in [6.07, 6.45) is 2.64. The fraction of sp³-hybridized carbons (Fsp3) is 0.529. The predicted molar refractivity (Wildman–Crippen MR) is 82.6 cm³/mol. The molecule has 1 aromatic carbocycles. The van der Waals surface area contributed by atoms with Crippen LogP contribution in [-0.2, 0) is 20.7 Å². The third-order valence-electron chi connectivity index (χ3n) is 3.91. The molecule has 2 rings (SSSR count). The number of rotatable bonds is 6. The summed E-state index contributed by atoms with van der Waals surface area (Å²) in [6.45, 7) is 2.70. The number of amides is 1. The molecule has 2 unspecified atom stereocenters. The van der Waals surface area contributed by atoms with Crippen molar-refractivity contribution in [2.24, 2.45) is 5.92 Å². The van der Waals surface area contributed by atoms with Crippen molar-refractivity contribution < 1.29 is 19.4 Å². The summed E-state index contributed by atoms with van der Waals surface area (Å²) in [6, 6.07) is 7.77. The predicted octanol–water partition coefficient (Wildman–Crippen LogP) is 1.92. The van der Waals surface area contributed by atoms with Gasteiger partial charge in [0.15, 0.2) is 0 Å². The van der Waals surface area contributed by atoms with Gasteiger partial charge in [-0.2, -0.15) is 0 Å². The minimum absolute atomic E-state index is 0.127. The highest BCUT2D eigenvalue weighted by molar-refractivity contribution is 5.81. The lowest BCUT2D eigenvalue weighted by atomic mass is 9.98. The van der Waals surface area contributed by atoms with Gasteiger partial charge in [-0.05, 0) is 38.2 Å². The zero-order valence-electron chi connectivity index (χ0n) is 12.9. The number of carbonyl (C=O) groups is 2. The molecule has 0 saturated carbocycles. The van der Waals surface area contributed by atoms with E-state index in [-0.39, 0.29) is 12.5 Å². The maximum atomic E-state index is 12.0. The van der Waals surface area contributed by atoms with Gasteiger partial charge in [0.05, 0.1) is 5.92 Å². The van der Waals surface area contributed by atoms with Crippen LogP contribution in [0.5, 0.6) is 0 Å². The first-order valence-corrected chi connectivity index (χ1v) is 7.74. The summed E-state index contributed by atoms with van der Waals surface area (Å²) >= 11 is 0. The van der Waals surface area contributed by atoms with Gasteiger partial charge < -0.3 is 15.2 Å². The van der Waals surface area contributed by atoms with E-state index >= 15 is 0 Å². The van der Waals surface area contributed by atoms with Gasteiger partial charge in [0.1, 0.15) is 6.10 Å². The van der Waals surface area contributed by atoms with Crippen molar-refractivity contribution >= 4 is 11.9 Å². The Hall–Kier alpha value is -1.88. The number of carboxylic acids is 1. The van der Waals surface area contributed by atoms with E-state index < -0.39 is 18.0 Å². The molecule has 1 amide bonds. The van der Waals surface area contributed by atoms with Crippen LogP contribution >= 0.6 is 0 Å². The molecule has 2 N–H and O–H groups in total. The first-order chi connectivity index (χ1) is 10.6. The quantitative estimate of drug-likeness (QED) is 0.842. The Morgan fingerprint density at radius 3 is 2.86 bits per heavy atom. The van der Waals surface area contributed by atoms with Gasteiger partial charge >= 0.3 is 5.97 Å². The minimum atomic E-state index is -0.897. The zero-order chi connectivity index (χ0) is 15.9. The van der Waals surface area contributed by atoms with Gasteiger partial charge in [-0.3, -0.25) is 9.59 Å². The molecule has 1 aliphatic heterocycles. The average molecular weight is 305 g/mol. The number of aliphatic carboxylic acids is 1. The van der Waals surface area contributed by atoms with E-state index in [1.54, 1.807) is 0 Å². The standard InChI is InChI=1S/C17H23NO4/c1-12-5-4-6-13(9-12)10-14(17(20)21)11-18-16(19)15-7-2-3-8-22-15/h4-6,9,14-15H,2-3,7-8,10-11H2,1H3,(H,18,19)(H,20,21). The first kappa shape index (κ1) is 16.5. The summed E-state index contributed by atoms with van der Waals surface area (Å²) in [5, 5.41) is 12.1. The molecule has 0 bridgehead atoms. The number of ether oxygens (including phenoxy) is 1. The third kappa shape index (κ3) is 4.84. The molecule has 1 aliphatic rings. The molecule has 0 aromatic heterocycles. The number of carboxylic acid groups (broad SMARTS) is 1. The van der Waals surface area contributed by atoms with Gasteiger partial charge in [-0.25, -0.2) is 0 Å². The lowest BCUT2D eigenvalue weighted by Crippen LogP contribution is -2.42. The SMILES string of the molecule is Cc1cccc(CC(CNC(=O)C2CCCCO2)C(=O)O)c1. The van der Waals surface area contributed by atoms with Gasteiger partial charge in [0, 0.05) is 13.2 Å².